The lowest BCUT2D eigenvalue weighted by atomic mass is 9.97. The van der Waals surface area contributed by atoms with Crippen LogP contribution in [0, 0.1) is 0 Å². The molecule has 0 saturated carbocycles. The lowest BCUT2D eigenvalue weighted by molar-refractivity contribution is 1.17. The second-order valence-corrected chi connectivity index (χ2v) is 16.5. The van der Waals surface area contributed by atoms with Gasteiger partial charge >= 0.3 is 0 Å². The number of benzene rings is 11. The molecule has 3 nitrogen and oxygen atoms in total. The lowest BCUT2D eigenvalue weighted by Crippen LogP contribution is -2.11. The molecule has 0 bridgehead atoms. The second-order valence-electron chi connectivity index (χ2n) is 16.5. The minimum absolute atomic E-state index is 1.08. The third-order valence-corrected chi connectivity index (χ3v) is 12.7. The van der Waals surface area contributed by atoms with Crippen LogP contribution in [0.4, 0.5) is 34.1 Å². The van der Waals surface area contributed by atoms with Gasteiger partial charge in [-0.05, 0) is 117 Å². The van der Waals surface area contributed by atoms with E-state index in [1.165, 1.54) is 54.6 Å². The van der Waals surface area contributed by atoms with Gasteiger partial charge in [0.2, 0.25) is 0 Å². The summed E-state index contributed by atoms with van der Waals surface area (Å²) < 4.78 is 2.49. The van der Waals surface area contributed by atoms with Gasteiger partial charge in [-0.15, -0.1) is 0 Å². The van der Waals surface area contributed by atoms with E-state index in [-0.39, 0.29) is 0 Å². The van der Waals surface area contributed by atoms with Crippen LogP contribution in [0.1, 0.15) is 0 Å². The molecule has 0 aliphatic carbocycles. The summed E-state index contributed by atoms with van der Waals surface area (Å²) in [6.07, 6.45) is 0. The SMILES string of the molecule is c1ccc(-c2ccc(N(c3ccccc3)c3cccc4c3ccc3c4c4c5ccccc5cc(N(c5ccccc5)c5ccc(-c6ccccc6)cc5)c4n3-c3ccccc3)cc2)cc1. The van der Waals surface area contributed by atoms with Gasteiger partial charge < -0.3 is 14.4 Å². The van der Waals surface area contributed by atoms with Crippen LogP contribution >= 0.6 is 0 Å². The first-order chi connectivity index (χ1) is 32.3. The average Bonchev–Trinajstić information content (AvgIpc) is 3.75. The van der Waals surface area contributed by atoms with Crippen molar-refractivity contribution in [2.45, 2.75) is 0 Å². The smallest absolute Gasteiger partial charge is 0.0789 e. The first-order valence-corrected chi connectivity index (χ1v) is 22.3. The number of para-hydroxylation sites is 3. The van der Waals surface area contributed by atoms with E-state index in [2.05, 4.69) is 275 Å². The summed E-state index contributed by atoms with van der Waals surface area (Å²) in [5, 5.41) is 7.21. The Morgan fingerprint density at radius 3 is 1.29 bits per heavy atom. The number of nitrogens with zero attached hydrogens (tertiary/aromatic N) is 3. The summed E-state index contributed by atoms with van der Waals surface area (Å²) in [7, 11) is 0. The van der Waals surface area contributed by atoms with Gasteiger partial charge in [-0.1, -0.05) is 182 Å². The molecule has 0 unspecified atom stereocenters. The minimum atomic E-state index is 1.08. The highest BCUT2D eigenvalue weighted by molar-refractivity contribution is 6.32. The summed E-state index contributed by atoms with van der Waals surface area (Å²) in [4.78, 5) is 4.84. The number of hydrogen-bond acceptors (Lipinski definition) is 2. The van der Waals surface area contributed by atoms with E-state index < -0.39 is 0 Å². The van der Waals surface area contributed by atoms with E-state index in [1.807, 2.05) is 0 Å². The molecule has 12 aromatic rings. The van der Waals surface area contributed by atoms with Crippen molar-refractivity contribution in [3.63, 3.8) is 0 Å². The lowest BCUT2D eigenvalue weighted by Gasteiger charge is -2.28. The van der Waals surface area contributed by atoms with E-state index >= 15 is 0 Å². The highest BCUT2D eigenvalue weighted by atomic mass is 15.2. The molecular formula is C62H43N3. The monoisotopic (exact) mass is 829 g/mol. The Morgan fingerprint density at radius 1 is 0.277 bits per heavy atom. The van der Waals surface area contributed by atoms with Crippen molar-refractivity contribution in [2.75, 3.05) is 9.80 Å². The number of anilines is 6. The fraction of sp³-hybridized carbons (Fsp3) is 0. The van der Waals surface area contributed by atoms with Crippen LogP contribution in [0.3, 0.4) is 0 Å². The first-order valence-electron chi connectivity index (χ1n) is 22.3. The molecule has 0 atom stereocenters. The summed E-state index contributed by atoms with van der Waals surface area (Å²) in [5.74, 6) is 0. The average molecular weight is 830 g/mol. The van der Waals surface area contributed by atoms with Crippen molar-refractivity contribution < 1.29 is 0 Å². The van der Waals surface area contributed by atoms with Crippen LogP contribution in [0.15, 0.2) is 261 Å². The van der Waals surface area contributed by atoms with Crippen LogP contribution in [0.5, 0.6) is 0 Å². The zero-order valence-electron chi connectivity index (χ0n) is 35.7. The van der Waals surface area contributed by atoms with Crippen LogP contribution in [0.25, 0.3) is 71.3 Å². The summed E-state index contributed by atoms with van der Waals surface area (Å²) in [6, 6.07) is 94.3. The normalized spacial score (nSPS) is 11.4. The molecule has 0 saturated heterocycles. The molecule has 3 heteroatoms. The van der Waals surface area contributed by atoms with E-state index in [1.54, 1.807) is 0 Å². The standard InChI is InChI=1S/C62H43N3/c1-6-19-44(20-7-1)46-33-37-52(38-34-46)63(49-24-10-3-11-25-49)57-32-18-31-56-55(57)41-42-58-60(56)61-54-30-17-16-23-48(54)43-59(62(61)65(58)51-28-14-5-15-29-51)64(50-26-12-4-13-27-50)53-39-35-47(36-40-53)45-21-8-2-9-22-45/h1-43H. The molecule has 65 heavy (non-hydrogen) atoms. The summed E-state index contributed by atoms with van der Waals surface area (Å²) in [5.41, 5.74) is 14.8. The van der Waals surface area contributed by atoms with Gasteiger partial charge in [-0.3, -0.25) is 0 Å². The van der Waals surface area contributed by atoms with Gasteiger partial charge in [0, 0.05) is 44.6 Å². The summed E-state index contributed by atoms with van der Waals surface area (Å²) in [6.45, 7) is 0. The third kappa shape index (κ3) is 6.70. The van der Waals surface area contributed by atoms with Gasteiger partial charge in [-0.2, -0.15) is 0 Å². The third-order valence-electron chi connectivity index (χ3n) is 12.7. The van der Waals surface area contributed by atoms with Gasteiger partial charge in [0.1, 0.15) is 0 Å². The Kier molecular flexibility index (Phi) is 9.50. The fourth-order valence-electron chi connectivity index (χ4n) is 9.79. The van der Waals surface area contributed by atoms with Crippen LogP contribution < -0.4 is 9.80 Å². The zero-order chi connectivity index (χ0) is 43.1. The van der Waals surface area contributed by atoms with Crippen molar-refractivity contribution in [2.24, 2.45) is 0 Å². The molecule has 0 spiro atoms. The predicted octanol–water partition coefficient (Wildman–Crippen LogP) is 17.4. The summed E-state index contributed by atoms with van der Waals surface area (Å²) >= 11 is 0. The molecule has 0 aliphatic rings. The fourth-order valence-corrected chi connectivity index (χ4v) is 9.79. The van der Waals surface area contributed by atoms with E-state index in [0.29, 0.717) is 0 Å². The molecule has 0 amide bonds. The number of fused-ring (bicyclic) bond motifs is 7. The van der Waals surface area contributed by atoms with Crippen LogP contribution in [-0.2, 0) is 0 Å². The Labute approximate surface area is 378 Å². The van der Waals surface area contributed by atoms with Gasteiger partial charge in [-0.25, -0.2) is 0 Å². The molecule has 1 heterocycles. The Balaban J connectivity index is 1.15. The highest BCUT2D eigenvalue weighted by Crippen LogP contribution is 2.50. The van der Waals surface area contributed by atoms with Crippen molar-refractivity contribution in [3.8, 4) is 27.9 Å². The molecule has 11 aromatic carbocycles. The van der Waals surface area contributed by atoms with Crippen molar-refractivity contribution in [3.05, 3.63) is 261 Å². The van der Waals surface area contributed by atoms with Crippen molar-refractivity contribution in [1.82, 2.24) is 4.57 Å². The quantitative estimate of drug-likeness (QED) is 0.144. The molecule has 0 fully saturated rings. The predicted molar refractivity (Wildman–Crippen MR) is 276 cm³/mol. The molecular weight excluding hydrogens is 787 g/mol. The molecule has 0 N–H and O–H groups in total. The van der Waals surface area contributed by atoms with Crippen LogP contribution in [0.2, 0.25) is 0 Å². The van der Waals surface area contributed by atoms with E-state index in [9.17, 15) is 0 Å². The maximum Gasteiger partial charge on any atom is 0.0789 e. The van der Waals surface area contributed by atoms with E-state index in [4.69, 9.17) is 0 Å². The van der Waals surface area contributed by atoms with E-state index in [0.717, 1.165) is 50.8 Å². The van der Waals surface area contributed by atoms with Crippen LogP contribution in [-0.4, -0.2) is 4.57 Å². The van der Waals surface area contributed by atoms with Gasteiger partial charge in [0.25, 0.3) is 0 Å². The number of aromatic nitrogens is 1. The van der Waals surface area contributed by atoms with Gasteiger partial charge in [0.15, 0.2) is 0 Å². The van der Waals surface area contributed by atoms with Gasteiger partial charge in [0.05, 0.1) is 22.4 Å². The van der Waals surface area contributed by atoms with Crippen molar-refractivity contribution >= 4 is 77.5 Å². The molecule has 1 aromatic heterocycles. The second kappa shape index (κ2) is 16.2. The maximum atomic E-state index is 2.49. The molecule has 0 radical (unpaired) electrons. The molecule has 0 aliphatic heterocycles. The number of hydrogen-bond donors (Lipinski definition) is 0. The zero-order valence-corrected chi connectivity index (χ0v) is 35.7. The minimum Gasteiger partial charge on any atom is -0.310 e. The molecule has 12 rings (SSSR count). The highest BCUT2D eigenvalue weighted by Gasteiger charge is 2.26. The Morgan fingerprint density at radius 2 is 0.723 bits per heavy atom. The topological polar surface area (TPSA) is 11.4 Å². The number of rotatable bonds is 9. The largest absolute Gasteiger partial charge is 0.310 e. The Bertz CT molecular complexity index is 3600. The maximum absolute atomic E-state index is 2.49. The molecule has 306 valence electrons. The first kappa shape index (κ1) is 38.0. The Hall–Kier alpha value is -8.66. The van der Waals surface area contributed by atoms with Crippen molar-refractivity contribution in [1.29, 1.82) is 0 Å².